The minimum Gasteiger partial charge on any atom is -0.330 e. The van der Waals surface area contributed by atoms with Crippen LogP contribution in [0.1, 0.15) is 5.82 Å². The average molecular weight is 231 g/mol. The lowest BCUT2D eigenvalue weighted by atomic mass is 10.3. The Kier molecular flexibility index (Phi) is 2.07. The van der Waals surface area contributed by atoms with Crippen LogP contribution in [-0.2, 0) is 0 Å². The highest BCUT2D eigenvalue weighted by Crippen LogP contribution is 2.22. The van der Waals surface area contributed by atoms with Crippen molar-refractivity contribution in [1.82, 2.24) is 19.8 Å². The summed E-state index contributed by atoms with van der Waals surface area (Å²) in [7, 11) is 0. The van der Waals surface area contributed by atoms with Crippen molar-refractivity contribution in [2.45, 2.75) is 6.92 Å². The van der Waals surface area contributed by atoms with E-state index in [9.17, 15) is 0 Å². The van der Waals surface area contributed by atoms with Gasteiger partial charge in [-0.1, -0.05) is 29.5 Å². The molecule has 0 fully saturated rings. The van der Waals surface area contributed by atoms with Crippen LogP contribution >= 0.6 is 11.3 Å². The fourth-order valence-electron chi connectivity index (χ4n) is 1.41. The van der Waals surface area contributed by atoms with Crippen LogP contribution in [0.4, 0.5) is 10.8 Å². The maximum atomic E-state index is 4.37. The average Bonchev–Trinajstić information content (AvgIpc) is 2.83. The zero-order chi connectivity index (χ0) is 11.0. The summed E-state index contributed by atoms with van der Waals surface area (Å²) in [5.74, 6) is 0.798. The maximum Gasteiger partial charge on any atom is 0.236 e. The fourth-order valence-corrected chi connectivity index (χ4v) is 2.22. The van der Waals surface area contributed by atoms with Gasteiger partial charge in [0.1, 0.15) is 0 Å². The first-order valence-electron chi connectivity index (χ1n) is 4.84. The van der Waals surface area contributed by atoms with Gasteiger partial charge in [0.25, 0.3) is 0 Å². The van der Waals surface area contributed by atoms with Crippen molar-refractivity contribution in [1.29, 1.82) is 0 Å². The number of hydrogen-bond acceptors (Lipinski definition) is 5. The van der Waals surface area contributed by atoms with E-state index in [1.165, 1.54) is 11.3 Å². The number of aryl methyl sites for hydroxylation is 1. The Morgan fingerprint density at radius 3 is 2.75 bits per heavy atom. The fraction of sp³-hybridized carbons (Fsp3) is 0.100. The molecule has 5 nitrogen and oxygen atoms in total. The molecule has 0 spiro atoms. The zero-order valence-corrected chi connectivity index (χ0v) is 9.40. The van der Waals surface area contributed by atoms with Crippen LogP contribution in [0.25, 0.3) is 4.96 Å². The molecule has 0 amide bonds. The van der Waals surface area contributed by atoms with Crippen molar-refractivity contribution in [2.75, 3.05) is 5.32 Å². The Bertz CT molecular complexity index is 612. The third-order valence-electron chi connectivity index (χ3n) is 2.17. The molecule has 0 aliphatic rings. The molecule has 6 heteroatoms. The summed E-state index contributed by atoms with van der Waals surface area (Å²) in [5, 5.41) is 16.4. The number of fused-ring (bicyclic) bond motifs is 1. The molecule has 0 saturated heterocycles. The van der Waals surface area contributed by atoms with Crippen LogP contribution in [-0.4, -0.2) is 19.8 Å². The predicted octanol–water partition coefficient (Wildman–Crippen LogP) is 2.24. The third kappa shape index (κ3) is 1.53. The molecule has 2 aromatic heterocycles. The SMILES string of the molecule is Cc1nnc2sc(Nc3ccccc3)nn12. The van der Waals surface area contributed by atoms with Gasteiger partial charge in [0, 0.05) is 5.69 Å². The number of aromatic nitrogens is 4. The van der Waals surface area contributed by atoms with Gasteiger partial charge < -0.3 is 5.32 Å². The molecular formula is C10H9N5S. The molecule has 0 radical (unpaired) electrons. The minimum absolute atomic E-state index is 0.798. The highest BCUT2D eigenvalue weighted by molar-refractivity contribution is 7.20. The van der Waals surface area contributed by atoms with Crippen molar-refractivity contribution in [3.05, 3.63) is 36.2 Å². The lowest BCUT2D eigenvalue weighted by molar-refractivity contribution is 0.898. The number of benzene rings is 1. The van der Waals surface area contributed by atoms with Crippen LogP contribution < -0.4 is 5.32 Å². The molecule has 80 valence electrons. The van der Waals surface area contributed by atoms with E-state index in [0.717, 1.165) is 21.6 Å². The molecular weight excluding hydrogens is 222 g/mol. The first-order chi connectivity index (χ1) is 7.83. The number of anilines is 2. The van der Waals surface area contributed by atoms with E-state index in [-0.39, 0.29) is 0 Å². The predicted molar refractivity (Wildman–Crippen MR) is 63.1 cm³/mol. The Morgan fingerprint density at radius 2 is 2.00 bits per heavy atom. The van der Waals surface area contributed by atoms with Gasteiger partial charge in [-0.3, -0.25) is 0 Å². The quantitative estimate of drug-likeness (QED) is 0.735. The van der Waals surface area contributed by atoms with E-state index in [2.05, 4.69) is 20.6 Å². The molecule has 3 aromatic rings. The van der Waals surface area contributed by atoms with Gasteiger partial charge in [0.15, 0.2) is 5.82 Å². The number of hydrogen-bond donors (Lipinski definition) is 1. The summed E-state index contributed by atoms with van der Waals surface area (Å²) < 4.78 is 1.73. The van der Waals surface area contributed by atoms with Gasteiger partial charge in [0.2, 0.25) is 10.1 Å². The Balaban J connectivity index is 1.95. The van der Waals surface area contributed by atoms with Crippen molar-refractivity contribution in [3.63, 3.8) is 0 Å². The lowest BCUT2D eigenvalue weighted by Gasteiger charge is -1.99. The van der Waals surface area contributed by atoms with Gasteiger partial charge in [-0.2, -0.15) is 4.52 Å². The summed E-state index contributed by atoms with van der Waals surface area (Å²) in [6.07, 6.45) is 0. The zero-order valence-electron chi connectivity index (χ0n) is 8.58. The topological polar surface area (TPSA) is 55.1 Å². The molecule has 0 saturated carbocycles. The highest BCUT2D eigenvalue weighted by Gasteiger charge is 2.07. The highest BCUT2D eigenvalue weighted by atomic mass is 32.1. The maximum absolute atomic E-state index is 4.37. The van der Waals surface area contributed by atoms with Gasteiger partial charge in [-0.25, -0.2) is 0 Å². The van der Waals surface area contributed by atoms with E-state index in [1.54, 1.807) is 4.52 Å². The van der Waals surface area contributed by atoms with E-state index >= 15 is 0 Å². The Hall–Kier alpha value is -1.95. The van der Waals surface area contributed by atoms with E-state index in [0.29, 0.717) is 0 Å². The van der Waals surface area contributed by atoms with Gasteiger partial charge >= 0.3 is 0 Å². The van der Waals surface area contributed by atoms with Gasteiger partial charge in [-0.15, -0.1) is 15.3 Å². The number of nitrogens with one attached hydrogen (secondary N) is 1. The van der Waals surface area contributed by atoms with Crippen molar-refractivity contribution >= 4 is 27.1 Å². The third-order valence-corrected chi connectivity index (χ3v) is 2.99. The van der Waals surface area contributed by atoms with E-state index in [1.807, 2.05) is 37.3 Å². The molecule has 0 aliphatic heterocycles. The minimum atomic E-state index is 0.798. The second-order valence-corrected chi connectivity index (χ2v) is 4.30. The molecule has 3 rings (SSSR count). The molecule has 0 bridgehead atoms. The number of nitrogens with zero attached hydrogens (tertiary/aromatic N) is 4. The summed E-state index contributed by atoms with van der Waals surface area (Å²) in [6.45, 7) is 1.88. The van der Waals surface area contributed by atoms with Crippen LogP contribution in [0, 0.1) is 6.92 Å². The Morgan fingerprint density at radius 1 is 1.19 bits per heavy atom. The number of rotatable bonds is 2. The summed E-state index contributed by atoms with van der Waals surface area (Å²) in [5.41, 5.74) is 1.02. The van der Waals surface area contributed by atoms with E-state index < -0.39 is 0 Å². The van der Waals surface area contributed by atoms with Gasteiger partial charge in [0.05, 0.1) is 0 Å². The molecule has 0 unspecified atom stereocenters. The first kappa shape index (κ1) is 9.29. The molecule has 16 heavy (non-hydrogen) atoms. The summed E-state index contributed by atoms with van der Waals surface area (Å²) in [6, 6.07) is 9.93. The molecule has 1 aromatic carbocycles. The molecule has 0 aliphatic carbocycles. The van der Waals surface area contributed by atoms with Crippen molar-refractivity contribution in [2.24, 2.45) is 0 Å². The molecule has 0 atom stereocenters. The number of para-hydroxylation sites is 1. The summed E-state index contributed by atoms with van der Waals surface area (Å²) in [4.78, 5) is 0.802. The largest absolute Gasteiger partial charge is 0.330 e. The smallest absolute Gasteiger partial charge is 0.236 e. The second kappa shape index (κ2) is 3.57. The summed E-state index contributed by atoms with van der Waals surface area (Å²) >= 11 is 1.48. The molecule has 2 heterocycles. The van der Waals surface area contributed by atoms with E-state index in [4.69, 9.17) is 0 Å². The standard InChI is InChI=1S/C10H9N5S/c1-7-12-13-10-15(7)14-9(16-10)11-8-5-3-2-4-6-8/h2-6H,1H3,(H,11,14). The normalized spacial score (nSPS) is 10.8. The lowest BCUT2D eigenvalue weighted by Crippen LogP contribution is -1.92. The van der Waals surface area contributed by atoms with Crippen LogP contribution in [0.15, 0.2) is 30.3 Å². The second-order valence-electron chi connectivity index (χ2n) is 3.34. The van der Waals surface area contributed by atoms with Crippen LogP contribution in [0.2, 0.25) is 0 Å². The van der Waals surface area contributed by atoms with Crippen molar-refractivity contribution in [3.8, 4) is 0 Å². The van der Waals surface area contributed by atoms with Crippen LogP contribution in [0.3, 0.4) is 0 Å². The van der Waals surface area contributed by atoms with Gasteiger partial charge in [-0.05, 0) is 19.1 Å². The molecule has 1 N–H and O–H groups in total. The van der Waals surface area contributed by atoms with Crippen LogP contribution in [0.5, 0.6) is 0 Å². The monoisotopic (exact) mass is 231 g/mol. The first-order valence-corrected chi connectivity index (χ1v) is 5.65. The van der Waals surface area contributed by atoms with Crippen molar-refractivity contribution < 1.29 is 0 Å². The Labute approximate surface area is 95.8 Å².